The summed E-state index contributed by atoms with van der Waals surface area (Å²) in [4.78, 5) is 13.4. The van der Waals surface area contributed by atoms with Crippen LogP contribution in [-0.4, -0.2) is 27.5 Å². The number of hydrogen-bond donors (Lipinski definition) is 1. The van der Waals surface area contributed by atoms with Crippen LogP contribution in [0.3, 0.4) is 0 Å². The predicted molar refractivity (Wildman–Crippen MR) is 86.3 cm³/mol. The molecule has 0 aliphatic carbocycles. The maximum absolute atomic E-state index is 4.69. The van der Waals surface area contributed by atoms with Gasteiger partial charge in [-0.15, -0.1) is 0 Å². The molecule has 2 aromatic heterocycles. The van der Waals surface area contributed by atoms with Gasteiger partial charge in [0, 0.05) is 41.9 Å². The summed E-state index contributed by atoms with van der Waals surface area (Å²) in [6, 6.07) is 4.38. The molecule has 0 aromatic carbocycles. The second-order valence-electron chi connectivity index (χ2n) is 5.83. The number of pyridine rings is 1. The zero-order chi connectivity index (χ0) is 15.4. The molecule has 0 bridgehead atoms. The number of rotatable bonds is 5. The molecule has 4 heteroatoms. The van der Waals surface area contributed by atoms with E-state index < -0.39 is 0 Å². The molecule has 0 fully saturated rings. The number of aromatic nitrogens is 3. The maximum atomic E-state index is 4.69. The number of nitrogens with zero attached hydrogens (tertiary/aromatic N) is 3. The molecular formula is C17H24N4. The second kappa shape index (κ2) is 6.76. The van der Waals surface area contributed by atoms with E-state index in [1.807, 2.05) is 12.1 Å². The van der Waals surface area contributed by atoms with E-state index in [0.29, 0.717) is 12.0 Å². The van der Waals surface area contributed by atoms with Gasteiger partial charge < -0.3 is 5.32 Å². The Morgan fingerprint density at radius 1 is 1.00 bits per heavy atom. The zero-order valence-electron chi connectivity index (χ0n) is 13.5. The van der Waals surface area contributed by atoms with Gasteiger partial charge in [0.25, 0.3) is 0 Å². The van der Waals surface area contributed by atoms with Crippen LogP contribution in [-0.2, 0) is 0 Å². The Balaban J connectivity index is 2.29. The standard InChI is InChI=1S/C17H24N4/c1-11(2)19-10-12(3)16-13(4)20-17(21-14(16)5)15-6-8-18-9-7-15/h6-9,11-12,19H,10H2,1-5H3. The third-order valence-corrected chi connectivity index (χ3v) is 3.59. The molecule has 1 atom stereocenters. The van der Waals surface area contributed by atoms with Crippen molar-refractivity contribution in [2.75, 3.05) is 6.54 Å². The van der Waals surface area contributed by atoms with Gasteiger partial charge in [0.15, 0.2) is 5.82 Å². The summed E-state index contributed by atoms with van der Waals surface area (Å²) in [5.74, 6) is 1.18. The second-order valence-corrected chi connectivity index (χ2v) is 5.83. The van der Waals surface area contributed by atoms with E-state index in [0.717, 1.165) is 29.3 Å². The fourth-order valence-electron chi connectivity index (χ4n) is 2.58. The van der Waals surface area contributed by atoms with Crippen molar-refractivity contribution in [2.24, 2.45) is 0 Å². The summed E-state index contributed by atoms with van der Waals surface area (Å²) < 4.78 is 0. The first-order valence-corrected chi connectivity index (χ1v) is 7.48. The summed E-state index contributed by atoms with van der Waals surface area (Å²) in [5.41, 5.74) is 4.39. The van der Waals surface area contributed by atoms with Gasteiger partial charge in [0.1, 0.15) is 0 Å². The Kier molecular flexibility index (Phi) is 5.02. The van der Waals surface area contributed by atoms with Gasteiger partial charge in [-0.05, 0) is 37.5 Å². The smallest absolute Gasteiger partial charge is 0.159 e. The molecule has 0 amide bonds. The fourth-order valence-corrected chi connectivity index (χ4v) is 2.58. The molecule has 0 saturated heterocycles. The largest absolute Gasteiger partial charge is 0.314 e. The first kappa shape index (κ1) is 15.6. The first-order chi connectivity index (χ1) is 9.99. The minimum Gasteiger partial charge on any atom is -0.314 e. The lowest BCUT2D eigenvalue weighted by Crippen LogP contribution is -2.27. The minimum absolute atomic E-state index is 0.402. The van der Waals surface area contributed by atoms with Gasteiger partial charge in [-0.3, -0.25) is 4.98 Å². The maximum Gasteiger partial charge on any atom is 0.159 e. The molecule has 4 nitrogen and oxygen atoms in total. The van der Waals surface area contributed by atoms with Crippen LogP contribution in [0.4, 0.5) is 0 Å². The van der Waals surface area contributed by atoms with Crippen molar-refractivity contribution >= 4 is 0 Å². The highest BCUT2D eigenvalue weighted by Gasteiger charge is 2.16. The van der Waals surface area contributed by atoms with Crippen molar-refractivity contribution in [3.63, 3.8) is 0 Å². The average Bonchev–Trinajstić information content (AvgIpc) is 2.45. The number of aryl methyl sites for hydroxylation is 2. The monoisotopic (exact) mass is 284 g/mol. The zero-order valence-corrected chi connectivity index (χ0v) is 13.5. The molecule has 1 unspecified atom stereocenters. The van der Waals surface area contributed by atoms with Crippen molar-refractivity contribution in [1.82, 2.24) is 20.3 Å². The average molecular weight is 284 g/mol. The first-order valence-electron chi connectivity index (χ1n) is 7.48. The predicted octanol–water partition coefficient (Wildman–Crippen LogP) is 3.26. The lowest BCUT2D eigenvalue weighted by atomic mass is 9.97. The summed E-state index contributed by atoms with van der Waals surface area (Å²) in [5, 5.41) is 3.48. The quantitative estimate of drug-likeness (QED) is 0.915. The third kappa shape index (κ3) is 3.85. The highest BCUT2D eigenvalue weighted by atomic mass is 14.9. The Morgan fingerprint density at radius 2 is 1.57 bits per heavy atom. The number of nitrogens with one attached hydrogen (secondary N) is 1. The Morgan fingerprint density at radius 3 is 2.10 bits per heavy atom. The van der Waals surface area contributed by atoms with Crippen molar-refractivity contribution in [1.29, 1.82) is 0 Å². The van der Waals surface area contributed by atoms with Crippen molar-refractivity contribution in [3.8, 4) is 11.4 Å². The van der Waals surface area contributed by atoms with Gasteiger partial charge in [0.2, 0.25) is 0 Å². The van der Waals surface area contributed by atoms with Gasteiger partial charge in [-0.25, -0.2) is 9.97 Å². The number of hydrogen-bond acceptors (Lipinski definition) is 4. The molecule has 0 spiro atoms. The highest BCUT2D eigenvalue weighted by Crippen LogP contribution is 2.24. The van der Waals surface area contributed by atoms with E-state index >= 15 is 0 Å². The van der Waals surface area contributed by atoms with Crippen LogP contribution in [0.1, 0.15) is 43.6 Å². The van der Waals surface area contributed by atoms with Crippen LogP contribution in [0, 0.1) is 13.8 Å². The molecule has 0 radical (unpaired) electrons. The van der Waals surface area contributed by atoms with E-state index in [1.165, 1.54) is 5.56 Å². The molecule has 0 aliphatic rings. The molecule has 2 rings (SSSR count). The summed E-state index contributed by atoms with van der Waals surface area (Å²) in [7, 11) is 0. The van der Waals surface area contributed by atoms with Gasteiger partial charge in [0.05, 0.1) is 0 Å². The topological polar surface area (TPSA) is 50.7 Å². The van der Waals surface area contributed by atoms with Crippen LogP contribution in [0.2, 0.25) is 0 Å². The molecule has 2 heterocycles. The lowest BCUT2D eigenvalue weighted by Gasteiger charge is -2.19. The summed E-state index contributed by atoms with van der Waals surface area (Å²) in [6.07, 6.45) is 3.54. The fraction of sp³-hybridized carbons (Fsp3) is 0.471. The molecule has 0 saturated carbocycles. The molecule has 2 aromatic rings. The lowest BCUT2D eigenvalue weighted by molar-refractivity contribution is 0.544. The minimum atomic E-state index is 0.402. The van der Waals surface area contributed by atoms with E-state index in [1.54, 1.807) is 12.4 Å². The Bertz CT molecular complexity index is 570. The van der Waals surface area contributed by atoms with Crippen LogP contribution in [0.5, 0.6) is 0 Å². The van der Waals surface area contributed by atoms with Crippen LogP contribution in [0.15, 0.2) is 24.5 Å². The molecule has 1 N–H and O–H groups in total. The summed E-state index contributed by atoms with van der Waals surface area (Å²) in [6.45, 7) is 11.6. The van der Waals surface area contributed by atoms with Gasteiger partial charge in [-0.1, -0.05) is 20.8 Å². The van der Waals surface area contributed by atoms with Crippen LogP contribution < -0.4 is 5.32 Å². The molecule has 21 heavy (non-hydrogen) atoms. The Hall–Kier alpha value is -1.81. The van der Waals surface area contributed by atoms with Crippen LogP contribution in [0.25, 0.3) is 11.4 Å². The van der Waals surface area contributed by atoms with Crippen molar-refractivity contribution in [3.05, 3.63) is 41.5 Å². The SMILES string of the molecule is Cc1nc(-c2ccncc2)nc(C)c1C(C)CNC(C)C. The molecular weight excluding hydrogens is 260 g/mol. The normalized spacial score (nSPS) is 12.7. The molecule has 112 valence electrons. The van der Waals surface area contributed by atoms with E-state index in [9.17, 15) is 0 Å². The van der Waals surface area contributed by atoms with Gasteiger partial charge >= 0.3 is 0 Å². The van der Waals surface area contributed by atoms with Gasteiger partial charge in [-0.2, -0.15) is 0 Å². The third-order valence-electron chi connectivity index (χ3n) is 3.59. The van der Waals surface area contributed by atoms with E-state index in [2.05, 4.69) is 54.9 Å². The van der Waals surface area contributed by atoms with E-state index in [4.69, 9.17) is 0 Å². The van der Waals surface area contributed by atoms with Crippen molar-refractivity contribution < 1.29 is 0 Å². The molecule has 0 aliphatic heterocycles. The van der Waals surface area contributed by atoms with Crippen molar-refractivity contribution in [2.45, 2.75) is 46.6 Å². The van der Waals surface area contributed by atoms with E-state index in [-0.39, 0.29) is 0 Å². The summed E-state index contributed by atoms with van der Waals surface area (Å²) >= 11 is 0. The highest BCUT2D eigenvalue weighted by molar-refractivity contribution is 5.54. The Labute approximate surface area is 127 Å². The van der Waals surface area contributed by atoms with Crippen LogP contribution >= 0.6 is 0 Å².